The van der Waals surface area contributed by atoms with Crippen LogP contribution in [0.25, 0.3) is 10.9 Å². The van der Waals surface area contributed by atoms with E-state index >= 15 is 0 Å². The molecule has 0 aliphatic carbocycles. The molecule has 3 rings (SSSR count). The van der Waals surface area contributed by atoms with Crippen LogP contribution in [0.3, 0.4) is 0 Å². The van der Waals surface area contributed by atoms with Gasteiger partial charge in [0.25, 0.3) is 0 Å². The molecule has 0 spiro atoms. The summed E-state index contributed by atoms with van der Waals surface area (Å²) >= 11 is 0. The number of piperazine rings is 1. The summed E-state index contributed by atoms with van der Waals surface area (Å²) in [4.78, 5) is 17.3. The zero-order valence-electron chi connectivity index (χ0n) is 12.0. The maximum Gasteiger partial charge on any atom is 0.222 e. The SMILES string of the molecule is Cc1nc(O)c2cc(N3CCN(C)C(C)C3)ncc2n1. The lowest BCUT2D eigenvalue weighted by atomic mass is 10.2. The van der Waals surface area contributed by atoms with E-state index in [0.717, 1.165) is 25.5 Å². The van der Waals surface area contributed by atoms with E-state index in [1.165, 1.54) is 0 Å². The number of hydrogen-bond acceptors (Lipinski definition) is 6. The number of nitrogens with zero attached hydrogens (tertiary/aromatic N) is 5. The van der Waals surface area contributed by atoms with Gasteiger partial charge in [0.1, 0.15) is 11.6 Å². The number of pyridine rings is 1. The highest BCUT2D eigenvalue weighted by atomic mass is 16.3. The minimum absolute atomic E-state index is 0.0262. The molecule has 6 heteroatoms. The van der Waals surface area contributed by atoms with Crippen molar-refractivity contribution in [2.24, 2.45) is 0 Å². The third kappa shape index (κ3) is 2.27. The van der Waals surface area contributed by atoms with Gasteiger partial charge in [-0.2, -0.15) is 4.98 Å². The van der Waals surface area contributed by atoms with Crippen LogP contribution in [-0.4, -0.2) is 57.7 Å². The van der Waals surface area contributed by atoms with Crippen LogP contribution >= 0.6 is 0 Å². The fourth-order valence-electron chi connectivity index (χ4n) is 2.55. The number of anilines is 1. The van der Waals surface area contributed by atoms with Gasteiger partial charge in [0.05, 0.1) is 17.1 Å². The molecule has 1 fully saturated rings. The number of likely N-dealkylation sites (N-methyl/N-ethyl adjacent to an activating group) is 1. The number of fused-ring (bicyclic) bond motifs is 1. The minimum Gasteiger partial charge on any atom is -0.493 e. The van der Waals surface area contributed by atoms with Crippen molar-refractivity contribution in [1.29, 1.82) is 0 Å². The van der Waals surface area contributed by atoms with Gasteiger partial charge in [0.2, 0.25) is 5.88 Å². The highest BCUT2D eigenvalue weighted by molar-refractivity contribution is 5.84. The minimum atomic E-state index is 0.0262. The first-order valence-corrected chi connectivity index (χ1v) is 6.83. The second-order valence-electron chi connectivity index (χ2n) is 5.43. The largest absolute Gasteiger partial charge is 0.493 e. The van der Waals surface area contributed by atoms with E-state index in [1.54, 1.807) is 13.1 Å². The molecule has 0 saturated carbocycles. The summed E-state index contributed by atoms with van der Waals surface area (Å²) in [6, 6.07) is 2.37. The summed E-state index contributed by atoms with van der Waals surface area (Å²) in [5.41, 5.74) is 0.681. The Morgan fingerprint density at radius 1 is 1.30 bits per heavy atom. The third-order valence-electron chi connectivity index (χ3n) is 3.94. The standard InChI is InChI=1S/C14H19N5O/c1-9-8-19(5-4-18(9)3)13-6-11-12(7-15-13)16-10(2)17-14(11)20/h6-7,9H,4-5,8H2,1-3H3,(H,16,17,20). The van der Waals surface area contributed by atoms with Crippen LogP contribution in [-0.2, 0) is 0 Å². The molecule has 6 nitrogen and oxygen atoms in total. The van der Waals surface area contributed by atoms with Gasteiger partial charge in [-0.15, -0.1) is 0 Å². The number of rotatable bonds is 1. The Bertz CT molecular complexity index is 645. The smallest absolute Gasteiger partial charge is 0.222 e. The predicted molar refractivity (Wildman–Crippen MR) is 78.0 cm³/mol. The zero-order chi connectivity index (χ0) is 14.3. The van der Waals surface area contributed by atoms with E-state index in [1.807, 2.05) is 6.07 Å². The normalized spacial score (nSPS) is 20.6. The fraction of sp³-hybridized carbons (Fsp3) is 0.500. The first-order chi connectivity index (χ1) is 9.54. The van der Waals surface area contributed by atoms with E-state index in [4.69, 9.17) is 0 Å². The van der Waals surface area contributed by atoms with Gasteiger partial charge in [-0.3, -0.25) is 0 Å². The molecule has 1 aliphatic rings. The molecule has 2 aromatic rings. The van der Waals surface area contributed by atoms with Crippen molar-refractivity contribution in [2.45, 2.75) is 19.9 Å². The molecule has 2 aromatic heterocycles. The Kier molecular flexibility index (Phi) is 3.17. The summed E-state index contributed by atoms with van der Waals surface area (Å²) in [6.07, 6.45) is 1.71. The van der Waals surface area contributed by atoms with Crippen LogP contribution in [0.4, 0.5) is 5.82 Å². The van der Waals surface area contributed by atoms with Crippen molar-refractivity contribution in [3.05, 3.63) is 18.1 Å². The lowest BCUT2D eigenvalue weighted by Crippen LogP contribution is -2.50. The topological polar surface area (TPSA) is 65.4 Å². The van der Waals surface area contributed by atoms with Crippen molar-refractivity contribution in [3.8, 4) is 5.88 Å². The molecule has 0 aromatic carbocycles. The van der Waals surface area contributed by atoms with Crippen molar-refractivity contribution in [3.63, 3.8) is 0 Å². The molecule has 0 bridgehead atoms. The van der Waals surface area contributed by atoms with E-state index in [9.17, 15) is 5.11 Å². The molecule has 0 amide bonds. The van der Waals surface area contributed by atoms with Crippen molar-refractivity contribution in [2.75, 3.05) is 31.6 Å². The zero-order valence-corrected chi connectivity index (χ0v) is 12.0. The summed E-state index contributed by atoms with van der Waals surface area (Å²) < 4.78 is 0. The second kappa shape index (κ2) is 4.86. The highest BCUT2D eigenvalue weighted by Gasteiger charge is 2.22. The molecule has 20 heavy (non-hydrogen) atoms. The average Bonchev–Trinajstić information content (AvgIpc) is 2.41. The molecule has 1 aliphatic heterocycles. The summed E-state index contributed by atoms with van der Waals surface area (Å²) in [7, 11) is 2.14. The maximum atomic E-state index is 9.96. The van der Waals surface area contributed by atoms with Crippen LogP contribution < -0.4 is 4.90 Å². The van der Waals surface area contributed by atoms with E-state index in [-0.39, 0.29) is 5.88 Å². The number of aromatic hydroxyl groups is 1. The Morgan fingerprint density at radius 3 is 2.85 bits per heavy atom. The van der Waals surface area contributed by atoms with Crippen LogP contribution in [0.15, 0.2) is 12.3 Å². The van der Waals surface area contributed by atoms with Crippen LogP contribution in [0.2, 0.25) is 0 Å². The second-order valence-corrected chi connectivity index (χ2v) is 5.43. The van der Waals surface area contributed by atoms with Crippen molar-refractivity contribution < 1.29 is 5.11 Å². The van der Waals surface area contributed by atoms with E-state index in [2.05, 4.69) is 38.7 Å². The molecule has 1 N–H and O–H groups in total. The molecular formula is C14H19N5O. The molecule has 106 valence electrons. The monoisotopic (exact) mass is 273 g/mol. The molecule has 1 saturated heterocycles. The summed E-state index contributed by atoms with van der Waals surface area (Å²) in [5.74, 6) is 1.45. The van der Waals surface area contributed by atoms with Gasteiger partial charge >= 0.3 is 0 Å². The number of aryl methyl sites for hydroxylation is 1. The van der Waals surface area contributed by atoms with Crippen LogP contribution in [0, 0.1) is 6.92 Å². The van der Waals surface area contributed by atoms with Gasteiger partial charge in [-0.05, 0) is 27.0 Å². The van der Waals surface area contributed by atoms with Crippen molar-refractivity contribution in [1.82, 2.24) is 19.9 Å². The first kappa shape index (κ1) is 13.1. The van der Waals surface area contributed by atoms with Gasteiger partial charge < -0.3 is 14.9 Å². The Labute approximate surface area is 118 Å². The highest BCUT2D eigenvalue weighted by Crippen LogP contribution is 2.25. The number of hydrogen-bond donors (Lipinski definition) is 1. The quantitative estimate of drug-likeness (QED) is 0.841. The summed E-state index contributed by atoms with van der Waals surface area (Å²) in [6.45, 7) is 6.85. The predicted octanol–water partition coefficient (Wildman–Crippen LogP) is 1.18. The molecule has 0 radical (unpaired) electrons. The Morgan fingerprint density at radius 2 is 2.10 bits per heavy atom. The third-order valence-corrected chi connectivity index (χ3v) is 3.94. The van der Waals surface area contributed by atoms with Gasteiger partial charge in [0.15, 0.2) is 0 Å². The lowest BCUT2D eigenvalue weighted by molar-refractivity contribution is 0.233. The van der Waals surface area contributed by atoms with E-state index in [0.29, 0.717) is 22.8 Å². The van der Waals surface area contributed by atoms with Crippen LogP contribution in [0.5, 0.6) is 5.88 Å². The Hall–Kier alpha value is -1.95. The molecular weight excluding hydrogens is 254 g/mol. The maximum absolute atomic E-state index is 9.96. The summed E-state index contributed by atoms with van der Waals surface area (Å²) in [5, 5.41) is 10.6. The fourth-order valence-corrected chi connectivity index (χ4v) is 2.55. The first-order valence-electron chi connectivity index (χ1n) is 6.83. The van der Waals surface area contributed by atoms with E-state index < -0.39 is 0 Å². The van der Waals surface area contributed by atoms with Crippen LogP contribution in [0.1, 0.15) is 12.7 Å². The number of aromatic nitrogens is 3. The Balaban J connectivity index is 1.97. The van der Waals surface area contributed by atoms with Gasteiger partial charge in [-0.1, -0.05) is 0 Å². The molecule has 3 heterocycles. The average molecular weight is 273 g/mol. The van der Waals surface area contributed by atoms with Crippen molar-refractivity contribution >= 4 is 16.7 Å². The lowest BCUT2D eigenvalue weighted by Gasteiger charge is -2.38. The van der Waals surface area contributed by atoms with Gasteiger partial charge in [0, 0.05) is 25.7 Å². The molecule has 1 atom stereocenters. The van der Waals surface area contributed by atoms with Gasteiger partial charge in [-0.25, -0.2) is 9.97 Å². The molecule has 1 unspecified atom stereocenters.